The van der Waals surface area contributed by atoms with E-state index in [1.165, 1.54) is 0 Å². The minimum atomic E-state index is 0. The fraction of sp³-hybridized carbons (Fsp3) is 0.667. The Morgan fingerprint density at radius 1 is 1.75 bits per heavy atom. The summed E-state index contributed by atoms with van der Waals surface area (Å²) in [5.41, 5.74) is 0. The molecule has 0 rings (SSSR count). The van der Waals surface area contributed by atoms with Crippen LogP contribution in [0.15, 0.2) is 0 Å². The van der Waals surface area contributed by atoms with Crippen molar-refractivity contribution in [2.75, 3.05) is 6.54 Å². The van der Waals surface area contributed by atoms with Crippen LogP contribution in [-0.4, -0.2) is 16.3 Å². The molecule has 0 aromatic rings. The topological polar surface area (TPSA) is 43.5 Å². The first kappa shape index (κ1) is 16.0. The van der Waals surface area contributed by atoms with Crippen LogP contribution in [0.3, 0.4) is 0 Å². The van der Waals surface area contributed by atoms with Gasteiger partial charge in [-0.25, -0.2) is 0 Å². The third-order valence-electron chi connectivity index (χ3n) is 0.321. The van der Waals surface area contributed by atoms with Gasteiger partial charge in [-0.3, -0.25) is 0 Å². The minimum absolute atomic E-state index is 0. The molecule has 0 amide bonds. The van der Waals surface area contributed by atoms with Crippen molar-refractivity contribution in [3.8, 4) is 0 Å². The molecule has 0 spiro atoms. The Balaban J connectivity index is -0.000000125. The van der Waals surface area contributed by atoms with Crippen LogP contribution < -0.4 is 34.9 Å². The van der Waals surface area contributed by atoms with Gasteiger partial charge in [-0.05, 0) is 6.92 Å². The van der Waals surface area contributed by atoms with E-state index in [4.69, 9.17) is 0 Å². The first-order chi connectivity index (χ1) is 2.77. The average Bonchev–Trinajstić information content (AvgIpc) is 1.35. The summed E-state index contributed by atoms with van der Waals surface area (Å²) in [6.07, 6.45) is 0. The number of rotatable bonds is 1. The fourth-order valence-corrected chi connectivity index (χ4v) is 0.433. The summed E-state index contributed by atoms with van der Waals surface area (Å²) in [5.74, 6) is 0. The van der Waals surface area contributed by atoms with Crippen molar-refractivity contribution in [3.63, 3.8) is 0 Å². The fourth-order valence-electron chi connectivity index (χ4n) is 0.144. The molecule has 0 aliphatic rings. The minimum Gasteiger partial charge on any atom is -0.412 e. The molecule has 0 aromatic heterocycles. The summed E-state index contributed by atoms with van der Waals surface area (Å²) in [6.45, 7) is 2.79. The van der Waals surface area contributed by atoms with E-state index in [9.17, 15) is 0 Å². The van der Waals surface area contributed by atoms with Crippen LogP contribution in [0.25, 0.3) is 0 Å². The summed E-state index contributed by atoms with van der Waals surface area (Å²) in [4.78, 5) is 0. The van der Waals surface area contributed by atoms with E-state index in [0.717, 1.165) is 6.54 Å². The van der Waals surface area contributed by atoms with E-state index in [1.807, 2.05) is 6.92 Å². The standard InChI is InChI=1S/C3H7NS2.Na.H2O/c1-2-4-3(5)6;;/h2H2,1H3,(H2,4,5,6);;1H2/q;+1;/p-1. The van der Waals surface area contributed by atoms with E-state index < -0.39 is 0 Å². The number of hydrogen-bond acceptors (Lipinski definition) is 2. The second-order valence-electron chi connectivity index (χ2n) is 0.818. The SMILES string of the molecule is CCNC(=S)[S-].O.[Na+]. The Bertz CT molecular complexity index is 61.2. The van der Waals surface area contributed by atoms with Crippen LogP contribution >= 0.6 is 12.2 Å². The molecule has 0 bridgehead atoms. The first-order valence-corrected chi connectivity index (χ1v) is 2.54. The molecule has 3 N–H and O–H groups in total. The van der Waals surface area contributed by atoms with Crippen molar-refractivity contribution in [1.82, 2.24) is 5.32 Å². The molecule has 8 heavy (non-hydrogen) atoms. The van der Waals surface area contributed by atoms with E-state index >= 15 is 0 Å². The van der Waals surface area contributed by atoms with Gasteiger partial charge in [0.2, 0.25) is 0 Å². The zero-order valence-corrected chi connectivity index (χ0v) is 8.66. The van der Waals surface area contributed by atoms with Crippen LogP contribution in [0.2, 0.25) is 0 Å². The normalized spacial score (nSPS) is 5.62. The maximum absolute atomic E-state index is 4.50. The molecule has 5 heteroatoms. The Hall–Kier alpha value is 1.07. The van der Waals surface area contributed by atoms with Gasteiger partial charge in [0.25, 0.3) is 0 Å². The van der Waals surface area contributed by atoms with Gasteiger partial charge in [0.05, 0.1) is 0 Å². The Morgan fingerprint density at radius 3 is 2.12 bits per heavy atom. The predicted molar refractivity (Wildman–Crippen MR) is 37.3 cm³/mol. The van der Waals surface area contributed by atoms with Crippen molar-refractivity contribution in [1.29, 1.82) is 0 Å². The largest absolute Gasteiger partial charge is 1.00 e. The maximum atomic E-state index is 4.50. The van der Waals surface area contributed by atoms with Crippen molar-refractivity contribution < 1.29 is 35.0 Å². The molecule has 2 nitrogen and oxygen atoms in total. The molecular formula is C3H8NNaOS2. The molecule has 0 aliphatic heterocycles. The van der Waals surface area contributed by atoms with Gasteiger partial charge in [-0.1, -0.05) is 4.32 Å². The summed E-state index contributed by atoms with van der Waals surface area (Å²) >= 11 is 9.00. The molecule has 0 aromatic carbocycles. The van der Waals surface area contributed by atoms with E-state index in [-0.39, 0.29) is 35.0 Å². The number of hydrogen-bond donors (Lipinski definition) is 1. The monoisotopic (exact) mass is 161 g/mol. The van der Waals surface area contributed by atoms with Crippen molar-refractivity contribution in [3.05, 3.63) is 0 Å². The van der Waals surface area contributed by atoms with Gasteiger partial charge >= 0.3 is 29.6 Å². The van der Waals surface area contributed by atoms with Gasteiger partial charge in [-0.2, -0.15) is 0 Å². The Labute approximate surface area is 82.4 Å². The molecule has 44 valence electrons. The summed E-state index contributed by atoms with van der Waals surface area (Å²) in [5, 5.41) is 2.75. The molecule has 0 atom stereocenters. The van der Waals surface area contributed by atoms with Gasteiger partial charge < -0.3 is 35.6 Å². The first-order valence-electron chi connectivity index (χ1n) is 1.72. The molecule has 0 aliphatic carbocycles. The molecule has 0 fully saturated rings. The summed E-state index contributed by atoms with van der Waals surface area (Å²) in [7, 11) is 0. The van der Waals surface area contributed by atoms with Gasteiger partial charge in [0.15, 0.2) is 0 Å². The molecule has 0 saturated heterocycles. The maximum Gasteiger partial charge on any atom is 1.00 e. The van der Waals surface area contributed by atoms with Crippen LogP contribution in [0.5, 0.6) is 0 Å². The second kappa shape index (κ2) is 10.9. The third-order valence-corrected chi connectivity index (χ3v) is 0.610. The average molecular weight is 161 g/mol. The summed E-state index contributed by atoms with van der Waals surface area (Å²) in [6, 6.07) is 0. The molecule has 0 radical (unpaired) electrons. The van der Waals surface area contributed by atoms with Crippen molar-refractivity contribution in [2.45, 2.75) is 6.92 Å². The summed E-state index contributed by atoms with van der Waals surface area (Å²) < 4.78 is 0.456. The van der Waals surface area contributed by atoms with Crippen LogP contribution in [0.4, 0.5) is 0 Å². The smallest absolute Gasteiger partial charge is 0.412 e. The predicted octanol–water partition coefficient (Wildman–Crippen LogP) is -3.39. The number of nitrogens with one attached hydrogen (secondary N) is 1. The van der Waals surface area contributed by atoms with Gasteiger partial charge in [0.1, 0.15) is 0 Å². The van der Waals surface area contributed by atoms with E-state index in [1.54, 1.807) is 0 Å². The van der Waals surface area contributed by atoms with Crippen molar-refractivity contribution >= 4 is 29.2 Å². The van der Waals surface area contributed by atoms with Gasteiger partial charge in [-0.15, -0.1) is 0 Å². The molecule has 0 unspecified atom stereocenters. The Morgan fingerprint density at radius 2 is 2.12 bits per heavy atom. The molecule has 0 saturated carbocycles. The Kier molecular flexibility index (Phi) is 21.9. The number of thiocarbonyl (C=S) groups is 1. The zero-order chi connectivity index (χ0) is 4.99. The molecular weight excluding hydrogens is 153 g/mol. The zero-order valence-electron chi connectivity index (χ0n) is 5.02. The van der Waals surface area contributed by atoms with E-state index in [2.05, 4.69) is 30.2 Å². The van der Waals surface area contributed by atoms with Gasteiger partial charge in [0, 0.05) is 6.54 Å². The second-order valence-corrected chi connectivity index (χ2v) is 1.89. The van der Waals surface area contributed by atoms with Crippen LogP contribution in [0, 0.1) is 0 Å². The van der Waals surface area contributed by atoms with Crippen LogP contribution in [0.1, 0.15) is 6.92 Å². The van der Waals surface area contributed by atoms with E-state index in [0.29, 0.717) is 4.32 Å². The quantitative estimate of drug-likeness (QED) is 0.248. The van der Waals surface area contributed by atoms with Crippen molar-refractivity contribution in [2.24, 2.45) is 0 Å². The third kappa shape index (κ3) is 15.7. The molecule has 0 heterocycles. The van der Waals surface area contributed by atoms with Crippen LogP contribution in [-0.2, 0) is 12.6 Å².